The second kappa shape index (κ2) is 8.08. The molecule has 26 heavy (non-hydrogen) atoms. The van der Waals surface area contributed by atoms with Crippen LogP contribution < -0.4 is 4.74 Å². The molecule has 0 unspecified atom stereocenters. The average molecular weight is 411 g/mol. The molecule has 0 aliphatic heterocycles. The first-order valence-corrected chi connectivity index (χ1v) is 8.98. The summed E-state index contributed by atoms with van der Waals surface area (Å²) in [4.78, 5) is 17.3. The maximum Gasteiger partial charge on any atom is 0.336 e. The number of rotatable bonds is 5. The lowest BCUT2D eigenvalue weighted by Crippen LogP contribution is -2.15. The molecule has 3 rings (SSSR count). The van der Waals surface area contributed by atoms with Gasteiger partial charge in [-0.15, -0.1) is 5.10 Å². The zero-order valence-electron chi connectivity index (χ0n) is 13.7. The third-order valence-electron chi connectivity index (χ3n) is 3.48. The monoisotopic (exact) mass is 409 g/mol. The molecule has 0 radical (unpaired) electrons. The smallest absolute Gasteiger partial charge is 0.336 e. The van der Waals surface area contributed by atoms with Gasteiger partial charge >= 0.3 is 6.01 Å². The number of hydrogen-bond acceptors (Lipinski definition) is 4. The molecule has 0 aliphatic rings. The van der Waals surface area contributed by atoms with Crippen LogP contribution in [0.3, 0.4) is 0 Å². The number of carbonyl (C=O) groups is 1. The van der Waals surface area contributed by atoms with E-state index in [1.807, 2.05) is 6.92 Å². The number of aromatic nitrogens is 3. The van der Waals surface area contributed by atoms with Gasteiger partial charge < -0.3 is 4.74 Å². The van der Waals surface area contributed by atoms with Gasteiger partial charge in [-0.05, 0) is 48.9 Å². The van der Waals surface area contributed by atoms with Crippen molar-refractivity contribution >= 4 is 40.7 Å². The van der Waals surface area contributed by atoms with Crippen molar-refractivity contribution in [2.45, 2.75) is 13.3 Å². The molecule has 0 N–H and O–H groups in total. The molecule has 1 aromatic heterocycles. The molecule has 3 aromatic rings. The normalized spacial score (nSPS) is 10.8. The van der Waals surface area contributed by atoms with E-state index >= 15 is 0 Å². The number of nitrogens with zero attached hydrogens (tertiary/aromatic N) is 3. The van der Waals surface area contributed by atoms with Crippen molar-refractivity contribution in [3.05, 3.63) is 63.1 Å². The second-order valence-electron chi connectivity index (χ2n) is 5.42. The maximum atomic E-state index is 12.9. The number of benzene rings is 2. The lowest BCUT2D eigenvalue weighted by atomic mass is 10.2. The van der Waals surface area contributed by atoms with Gasteiger partial charge in [-0.2, -0.15) is 9.67 Å². The Morgan fingerprint density at radius 3 is 2.46 bits per heavy atom. The van der Waals surface area contributed by atoms with Crippen LogP contribution >= 0.6 is 34.8 Å². The summed E-state index contributed by atoms with van der Waals surface area (Å²) in [6.45, 7) is 2.42. The van der Waals surface area contributed by atoms with Crippen LogP contribution in [0.1, 0.15) is 23.7 Å². The maximum absolute atomic E-state index is 12.9. The first-order valence-electron chi connectivity index (χ1n) is 7.85. The Labute approximate surface area is 165 Å². The van der Waals surface area contributed by atoms with E-state index in [2.05, 4.69) is 10.1 Å². The molecule has 0 saturated heterocycles. The zero-order valence-corrected chi connectivity index (χ0v) is 16.0. The number of ether oxygens (including phenoxy) is 1. The van der Waals surface area contributed by atoms with E-state index < -0.39 is 5.91 Å². The minimum atomic E-state index is -0.396. The Morgan fingerprint density at radius 2 is 1.81 bits per heavy atom. The van der Waals surface area contributed by atoms with E-state index in [0.29, 0.717) is 33.6 Å². The van der Waals surface area contributed by atoms with E-state index in [9.17, 15) is 4.79 Å². The topological polar surface area (TPSA) is 57.0 Å². The van der Waals surface area contributed by atoms with Crippen LogP contribution in [0.2, 0.25) is 15.1 Å². The Hall–Kier alpha value is -2.08. The van der Waals surface area contributed by atoms with Crippen LogP contribution in [0, 0.1) is 0 Å². The fraction of sp³-hybridized carbons (Fsp3) is 0.167. The molecule has 2 aromatic carbocycles. The van der Waals surface area contributed by atoms with Gasteiger partial charge in [-0.1, -0.05) is 41.7 Å². The second-order valence-corrected chi connectivity index (χ2v) is 6.67. The summed E-state index contributed by atoms with van der Waals surface area (Å²) < 4.78 is 6.67. The van der Waals surface area contributed by atoms with E-state index in [4.69, 9.17) is 39.5 Å². The first kappa shape index (κ1) is 18.7. The van der Waals surface area contributed by atoms with E-state index in [1.165, 1.54) is 10.7 Å². The Morgan fingerprint density at radius 1 is 1.08 bits per heavy atom. The number of halogens is 3. The Kier molecular flexibility index (Phi) is 5.81. The van der Waals surface area contributed by atoms with Crippen molar-refractivity contribution in [1.29, 1.82) is 0 Å². The highest BCUT2D eigenvalue weighted by Gasteiger charge is 2.20. The van der Waals surface area contributed by atoms with Gasteiger partial charge in [0.05, 0.1) is 16.7 Å². The summed E-state index contributed by atoms with van der Waals surface area (Å²) in [5.41, 5.74) is 1.02. The van der Waals surface area contributed by atoms with Crippen molar-refractivity contribution in [3.8, 4) is 17.4 Å². The lowest BCUT2D eigenvalue weighted by molar-refractivity contribution is 0.0944. The van der Waals surface area contributed by atoms with E-state index in [-0.39, 0.29) is 11.0 Å². The molecular formula is C18H14Cl3N3O2. The fourth-order valence-corrected chi connectivity index (χ4v) is 2.65. The molecule has 1 heterocycles. The Balaban J connectivity index is 2.05. The molecule has 0 amide bonds. The standard InChI is InChI=1S/C18H14Cl3N3O2/c1-2-9-26-18-22-16(11-3-6-13(19)7-4-11)24(23-18)17(25)12-5-8-14(20)15(21)10-12/h3-8,10H,2,9H2,1H3. The average Bonchev–Trinajstić information content (AvgIpc) is 3.06. The number of hydrogen-bond donors (Lipinski definition) is 0. The highest BCUT2D eigenvalue weighted by Crippen LogP contribution is 2.26. The molecule has 0 aliphatic carbocycles. The van der Waals surface area contributed by atoms with Gasteiger partial charge in [-0.25, -0.2) is 0 Å². The molecule has 0 bridgehead atoms. The van der Waals surface area contributed by atoms with Crippen LogP contribution in [-0.4, -0.2) is 27.3 Å². The summed E-state index contributed by atoms with van der Waals surface area (Å²) in [6.07, 6.45) is 0.797. The van der Waals surface area contributed by atoms with Crippen molar-refractivity contribution in [1.82, 2.24) is 14.8 Å². The summed E-state index contributed by atoms with van der Waals surface area (Å²) >= 11 is 17.9. The first-order chi connectivity index (χ1) is 12.5. The third kappa shape index (κ3) is 4.01. The molecule has 5 nitrogen and oxygen atoms in total. The molecule has 0 atom stereocenters. The predicted octanol–water partition coefficient (Wildman–Crippen LogP) is 5.38. The third-order valence-corrected chi connectivity index (χ3v) is 4.48. The van der Waals surface area contributed by atoms with Crippen LogP contribution in [-0.2, 0) is 0 Å². The van der Waals surface area contributed by atoms with Crippen LogP contribution in [0.25, 0.3) is 11.4 Å². The SMILES string of the molecule is CCCOc1nc(-c2ccc(Cl)cc2)n(C(=O)c2ccc(Cl)c(Cl)c2)n1. The molecule has 8 heteroatoms. The summed E-state index contributed by atoms with van der Waals surface area (Å²) in [5, 5.41) is 5.43. The highest BCUT2D eigenvalue weighted by molar-refractivity contribution is 6.42. The van der Waals surface area contributed by atoms with Gasteiger partial charge in [0, 0.05) is 16.1 Å². The molecule has 0 saturated carbocycles. The van der Waals surface area contributed by atoms with Crippen LogP contribution in [0.4, 0.5) is 0 Å². The van der Waals surface area contributed by atoms with Gasteiger partial charge in [0.25, 0.3) is 5.91 Å². The lowest BCUT2D eigenvalue weighted by Gasteiger charge is -2.06. The molecular weight excluding hydrogens is 397 g/mol. The minimum Gasteiger partial charge on any atom is -0.462 e. The highest BCUT2D eigenvalue weighted by atomic mass is 35.5. The molecule has 134 valence electrons. The summed E-state index contributed by atoms with van der Waals surface area (Å²) in [6, 6.07) is 11.7. The van der Waals surface area contributed by atoms with E-state index in [1.54, 1.807) is 36.4 Å². The van der Waals surface area contributed by atoms with Gasteiger partial charge in [0.2, 0.25) is 0 Å². The van der Waals surface area contributed by atoms with Gasteiger partial charge in [0.15, 0.2) is 5.82 Å². The van der Waals surface area contributed by atoms with Gasteiger partial charge in [0.1, 0.15) is 0 Å². The largest absolute Gasteiger partial charge is 0.462 e. The quantitative estimate of drug-likeness (QED) is 0.566. The fourth-order valence-electron chi connectivity index (χ4n) is 2.23. The summed E-state index contributed by atoms with van der Waals surface area (Å²) in [5.74, 6) is -0.0452. The molecule has 0 fully saturated rings. The van der Waals surface area contributed by atoms with E-state index in [0.717, 1.165) is 6.42 Å². The summed E-state index contributed by atoms with van der Waals surface area (Å²) in [7, 11) is 0. The van der Waals surface area contributed by atoms with Crippen molar-refractivity contribution < 1.29 is 9.53 Å². The van der Waals surface area contributed by atoms with Crippen molar-refractivity contribution in [3.63, 3.8) is 0 Å². The predicted molar refractivity (Wildman–Crippen MR) is 102 cm³/mol. The zero-order chi connectivity index (χ0) is 18.7. The Bertz CT molecular complexity index is 939. The van der Waals surface area contributed by atoms with Gasteiger partial charge in [-0.3, -0.25) is 4.79 Å². The van der Waals surface area contributed by atoms with Crippen LogP contribution in [0.5, 0.6) is 6.01 Å². The van der Waals surface area contributed by atoms with Crippen molar-refractivity contribution in [2.24, 2.45) is 0 Å². The molecule has 0 spiro atoms. The number of carbonyl (C=O) groups excluding carboxylic acids is 1. The van der Waals surface area contributed by atoms with Crippen molar-refractivity contribution in [2.75, 3.05) is 6.61 Å². The minimum absolute atomic E-state index is 0.130. The van der Waals surface area contributed by atoms with Crippen LogP contribution in [0.15, 0.2) is 42.5 Å².